The molecule has 1 unspecified atom stereocenters. The minimum absolute atomic E-state index is 0.0296. The largest absolute Gasteiger partial charge is 0.493 e. The van der Waals surface area contributed by atoms with Gasteiger partial charge in [0.2, 0.25) is 5.88 Å². The molecule has 0 bridgehead atoms. The number of aliphatic carboxylic acids is 1. The Balaban J connectivity index is 2.15. The number of carbonyl (C=O) groups is 2. The van der Waals surface area contributed by atoms with Gasteiger partial charge in [-0.3, -0.25) is 4.79 Å². The number of carboxylic acid groups (broad SMARTS) is 1. The molecule has 1 heterocycles. The SMILES string of the molecule is COc1cc(C2C(C#N)=C(N)OC3=C2C(=O)CCC3)c(Br)cc1OCC(=O)O. The Kier molecular flexibility index (Phi) is 5.61. The summed E-state index contributed by atoms with van der Waals surface area (Å²) in [5.41, 5.74) is 7.08. The van der Waals surface area contributed by atoms with Crippen LogP contribution in [0.3, 0.4) is 0 Å². The van der Waals surface area contributed by atoms with Gasteiger partial charge in [-0.15, -0.1) is 0 Å². The van der Waals surface area contributed by atoms with Crippen molar-refractivity contribution in [3.05, 3.63) is 45.0 Å². The number of hydrogen-bond donors (Lipinski definition) is 2. The molecular weight excluding hydrogens is 432 g/mol. The van der Waals surface area contributed by atoms with Crippen molar-refractivity contribution in [2.45, 2.75) is 25.2 Å². The van der Waals surface area contributed by atoms with Crippen molar-refractivity contribution in [3.8, 4) is 17.6 Å². The van der Waals surface area contributed by atoms with Crippen LogP contribution in [0.5, 0.6) is 11.5 Å². The van der Waals surface area contributed by atoms with Crippen LogP contribution in [0.25, 0.3) is 0 Å². The van der Waals surface area contributed by atoms with Crippen molar-refractivity contribution in [2.24, 2.45) is 5.73 Å². The van der Waals surface area contributed by atoms with Crippen LogP contribution in [0.1, 0.15) is 30.7 Å². The number of Topliss-reactive ketones (excluding diaryl/α,β-unsaturated/α-hetero) is 1. The number of carbonyl (C=O) groups excluding carboxylic acids is 1. The second kappa shape index (κ2) is 7.94. The third-order valence-corrected chi connectivity index (χ3v) is 5.24. The van der Waals surface area contributed by atoms with Gasteiger partial charge in [-0.2, -0.15) is 5.26 Å². The monoisotopic (exact) mass is 448 g/mol. The summed E-state index contributed by atoms with van der Waals surface area (Å²) >= 11 is 3.44. The number of halogens is 1. The number of methoxy groups -OCH3 is 1. The van der Waals surface area contributed by atoms with Crippen LogP contribution < -0.4 is 15.2 Å². The second-order valence-electron chi connectivity index (χ2n) is 6.25. The van der Waals surface area contributed by atoms with E-state index in [-0.39, 0.29) is 28.7 Å². The molecule has 1 aromatic carbocycles. The van der Waals surface area contributed by atoms with E-state index >= 15 is 0 Å². The summed E-state index contributed by atoms with van der Waals surface area (Å²) in [5.74, 6) is -0.994. The third kappa shape index (κ3) is 3.55. The highest BCUT2D eigenvalue weighted by Gasteiger charge is 2.39. The molecule has 0 saturated carbocycles. The van der Waals surface area contributed by atoms with Gasteiger partial charge in [0.15, 0.2) is 23.9 Å². The molecule has 0 radical (unpaired) electrons. The number of nitrogens with zero attached hydrogens (tertiary/aromatic N) is 1. The summed E-state index contributed by atoms with van der Waals surface area (Å²) in [7, 11) is 1.41. The van der Waals surface area contributed by atoms with E-state index in [1.807, 2.05) is 6.07 Å². The molecule has 2 aliphatic rings. The third-order valence-electron chi connectivity index (χ3n) is 4.55. The van der Waals surface area contributed by atoms with Gasteiger partial charge in [-0.25, -0.2) is 4.79 Å². The van der Waals surface area contributed by atoms with E-state index in [1.165, 1.54) is 7.11 Å². The molecular formula is C19H17BrN2O6. The van der Waals surface area contributed by atoms with Crippen LogP contribution in [-0.4, -0.2) is 30.6 Å². The summed E-state index contributed by atoms with van der Waals surface area (Å²) in [6.45, 7) is -0.538. The van der Waals surface area contributed by atoms with Gasteiger partial charge >= 0.3 is 5.97 Å². The maximum atomic E-state index is 12.6. The van der Waals surface area contributed by atoms with Gasteiger partial charge in [0, 0.05) is 22.9 Å². The van der Waals surface area contributed by atoms with Gasteiger partial charge in [0.05, 0.1) is 13.0 Å². The number of hydrogen-bond acceptors (Lipinski definition) is 7. The fraction of sp³-hybridized carbons (Fsp3) is 0.316. The van der Waals surface area contributed by atoms with Crippen molar-refractivity contribution in [2.75, 3.05) is 13.7 Å². The first kappa shape index (κ1) is 19.8. The van der Waals surface area contributed by atoms with Gasteiger partial charge in [-0.1, -0.05) is 15.9 Å². The molecule has 1 aliphatic carbocycles. The zero-order valence-corrected chi connectivity index (χ0v) is 16.5. The molecule has 1 aliphatic heterocycles. The van der Waals surface area contributed by atoms with E-state index in [0.29, 0.717) is 40.6 Å². The van der Waals surface area contributed by atoms with E-state index in [9.17, 15) is 14.9 Å². The highest BCUT2D eigenvalue weighted by molar-refractivity contribution is 9.10. The zero-order valence-electron chi connectivity index (χ0n) is 15.0. The average molecular weight is 449 g/mol. The summed E-state index contributed by atoms with van der Waals surface area (Å²) < 4.78 is 16.7. The minimum Gasteiger partial charge on any atom is -0.493 e. The van der Waals surface area contributed by atoms with Crippen molar-refractivity contribution in [3.63, 3.8) is 0 Å². The van der Waals surface area contributed by atoms with E-state index in [0.717, 1.165) is 0 Å². The first-order valence-electron chi connectivity index (χ1n) is 8.43. The van der Waals surface area contributed by atoms with Crippen LogP contribution >= 0.6 is 15.9 Å². The lowest BCUT2D eigenvalue weighted by Crippen LogP contribution is -2.27. The number of allylic oxidation sites excluding steroid dienone is 3. The molecule has 9 heteroatoms. The lowest BCUT2D eigenvalue weighted by molar-refractivity contribution is -0.139. The predicted octanol–water partition coefficient (Wildman–Crippen LogP) is 2.74. The molecule has 3 N–H and O–H groups in total. The highest BCUT2D eigenvalue weighted by Crippen LogP contribution is 2.47. The molecule has 8 nitrogen and oxygen atoms in total. The van der Waals surface area contributed by atoms with Crippen LogP contribution in [0.2, 0.25) is 0 Å². The molecule has 146 valence electrons. The number of ketones is 1. The normalized spacial score (nSPS) is 18.9. The van der Waals surface area contributed by atoms with Crippen molar-refractivity contribution in [1.82, 2.24) is 0 Å². The maximum Gasteiger partial charge on any atom is 0.341 e. The molecule has 0 spiro atoms. The first-order chi connectivity index (χ1) is 13.4. The van der Waals surface area contributed by atoms with Crippen molar-refractivity contribution < 1.29 is 28.9 Å². The number of benzene rings is 1. The molecule has 1 aromatic rings. The van der Waals surface area contributed by atoms with Gasteiger partial charge in [-0.05, 0) is 24.1 Å². The molecule has 3 rings (SSSR count). The summed E-state index contributed by atoms with van der Waals surface area (Å²) in [4.78, 5) is 23.4. The van der Waals surface area contributed by atoms with Crippen molar-refractivity contribution >= 4 is 27.7 Å². The Morgan fingerprint density at radius 1 is 1.43 bits per heavy atom. The van der Waals surface area contributed by atoms with Gasteiger partial charge in [0.1, 0.15) is 17.4 Å². The molecule has 28 heavy (non-hydrogen) atoms. The van der Waals surface area contributed by atoms with Crippen molar-refractivity contribution in [1.29, 1.82) is 5.26 Å². The smallest absolute Gasteiger partial charge is 0.341 e. The van der Waals surface area contributed by atoms with Gasteiger partial charge in [0.25, 0.3) is 0 Å². The fourth-order valence-corrected chi connectivity index (χ4v) is 3.90. The number of carboxylic acids is 1. The van der Waals surface area contributed by atoms with Crippen LogP contribution in [-0.2, 0) is 14.3 Å². The Hall–Kier alpha value is -2.99. The Morgan fingerprint density at radius 3 is 2.82 bits per heavy atom. The van der Waals surface area contributed by atoms with E-state index < -0.39 is 18.5 Å². The van der Waals surface area contributed by atoms with E-state index in [1.54, 1.807) is 12.1 Å². The Morgan fingerprint density at radius 2 is 2.18 bits per heavy atom. The highest BCUT2D eigenvalue weighted by atomic mass is 79.9. The van der Waals surface area contributed by atoms with Crippen LogP contribution in [0.4, 0.5) is 0 Å². The van der Waals surface area contributed by atoms with Gasteiger partial charge < -0.3 is 25.1 Å². The zero-order chi connectivity index (χ0) is 20.4. The molecule has 0 amide bonds. The number of rotatable bonds is 5. The molecule has 0 saturated heterocycles. The number of nitrogens with two attached hydrogens (primary N) is 1. The molecule has 0 aromatic heterocycles. The topological polar surface area (TPSA) is 132 Å². The summed E-state index contributed by atoms with van der Waals surface area (Å²) in [6.07, 6.45) is 1.59. The maximum absolute atomic E-state index is 12.6. The fourth-order valence-electron chi connectivity index (χ4n) is 3.35. The average Bonchev–Trinajstić information content (AvgIpc) is 2.65. The summed E-state index contributed by atoms with van der Waals surface area (Å²) in [5, 5.41) is 18.5. The predicted molar refractivity (Wildman–Crippen MR) is 100 cm³/mol. The summed E-state index contributed by atoms with van der Waals surface area (Å²) in [6, 6.07) is 5.20. The lowest BCUT2D eigenvalue weighted by Gasteiger charge is -2.31. The molecule has 1 atom stereocenters. The number of nitriles is 1. The van der Waals surface area contributed by atoms with E-state index in [4.69, 9.17) is 25.1 Å². The Labute approximate surface area is 169 Å². The molecule has 0 fully saturated rings. The van der Waals surface area contributed by atoms with Crippen LogP contribution in [0.15, 0.2) is 39.4 Å². The lowest BCUT2D eigenvalue weighted by atomic mass is 9.77. The minimum atomic E-state index is -1.13. The standard InChI is InChI=1S/C19H17BrN2O6/c1-26-14-5-9(11(20)6-15(14)27-8-16(24)25)17-10(7-21)19(22)28-13-4-2-3-12(23)18(13)17/h5-6,17H,2-4,8,22H2,1H3,(H,24,25). The quantitative estimate of drug-likeness (QED) is 0.702. The first-order valence-corrected chi connectivity index (χ1v) is 9.22. The van der Waals surface area contributed by atoms with E-state index in [2.05, 4.69) is 15.9 Å². The van der Waals surface area contributed by atoms with Crippen LogP contribution in [0, 0.1) is 11.3 Å². The Bertz CT molecular complexity index is 960. The second-order valence-corrected chi connectivity index (χ2v) is 7.10. The number of ether oxygens (including phenoxy) is 3.